The van der Waals surface area contributed by atoms with Crippen molar-refractivity contribution in [3.05, 3.63) is 33.2 Å². The molecule has 0 bridgehead atoms. The van der Waals surface area contributed by atoms with E-state index in [4.69, 9.17) is 5.11 Å². The van der Waals surface area contributed by atoms with Crippen LogP contribution in [0.3, 0.4) is 0 Å². The van der Waals surface area contributed by atoms with Gasteiger partial charge in [-0.05, 0) is 13.8 Å². The van der Waals surface area contributed by atoms with Crippen LogP contribution in [-0.4, -0.2) is 25.6 Å². The van der Waals surface area contributed by atoms with Crippen LogP contribution >= 0.6 is 11.3 Å². The lowest BCUT2D eigenvalue weighted by molar-refractivity contribution is -0.137. The molecule has 0 radical (unpaired) electrons. The van der Waals surface area contributed by atoms with Gasteiger partial charge in [0.05, 0.1) is 21.9 Å². The highest BCUT2D eigenvalue weighted by Crippen LogP contribution is 2.28. The van der Waals surface area contributed by atoms with Gasteiger partial charge in [-0.1, -0.05) is 0 Å². The van der Waals surface area contributed by atoms with Crippen LogP contribution in [-0.2, 0) is 11.3 Å². The van der Waals surface area contributed by atoms with E-state index in [1.54, 1.807) is 13.8 Å². The number of hydrogen-bond donors (Lipinski definition) is 1. The molecule has 0 spiro atoms. The summed E-state index contributed by atoms with van der Waals surface area (Å²) in [4.78, 5) is 30.7. The molecule has 0 unspecified atom stereocenters. The molecule has 2 aromatic heterocycles. The molecule has 100 valence electrons. The quantitative estimate of drug-likeness (QED) is 0.915. The van der Waals surface area contributed by atoms with Crippen molar-refractivity contribution in [2.75, 3.05) is 0 Å². The van der Waals surface area contributed by atoms with Crippen molar-refractivity contribution in [1.29, 1.82) is 0 Å². The van der Waals surface area contributed by atoms with Gasteiger partial charge < -0.3 is 5.11 Å². The molecule has 0 saturated carbocycles. The van der Waals surface area contributed by atoms with E-state index in [1.165, 1.54) is 11.3 Å². The minimum atomic E-state index is -1.24. The van der Waals surface area contributed by atoms with Crippen molar-refractivity contribution in [2.24, 2.45) is 0 Å². The maximum absolute atomic E-state index is 14.0. The van der Waals surface area contributed by atoms with Gasteiger partial charge in [0.1, 0.15) is 12.2 Å². The van der Waals surface area contributed by atoms with Crippen LogP contribution in [0.5, 0.6) is 0 Å². The fraction of sp³-hybridized carbons (Fsp3) is 0.273. The van der Waals surface area contributed by atoms with Gasteiger partial charge in [-0.3, -0.25) is 14.2 Å². The number of nitrogens with zero attached hydrogens (tertiary/aromatic N) is 3. The Morgan fingerprint density at radius 2 is 2.21 bits per heavy atom. The fourth-order valence-electron chi connectivity index (χ4n) is 1.63. The average Bonchev–Trinajstić information content (AvgIpc) is 2.64. The van der Waals surface area contributed by atoms with Crippen molar-refractivity contribution in [1.82, 2.24) is 14.5 Å². The van der Waals surface area contributed by atoms with Crippen LogP contribution in [0.25, 0.3) is 10.6 Å². The molecule has 0 saturated heterocycles. The van der Waals surface area contributed by atoms with Crippen LogP contribution in [0.1, 0.15) is 10.7 Å². The Kier molecular flexibility index (Phi) is 3.43. The topological polar surface area (TPSA) is 85.1 Å². The highest BCUT2D eigenvalue weighted by Gasteiger charge is 2.18. The average molecular weight is 283 g/mol. The van der Waals surface area contributed by atoms with Crippen molar-refractivity contribution in [3.63, 3.8) is 0 Å². The van der Waals surface area contributed by atoms with E-state index in [-0.39, 0.29) is 5.69 Å². The molecule has 0 amide bonds. The van der Waals surface area contributed by atoms with Crippen molar-refractivity contribution < 1.29 is 14.3 Å². The van der Waals surface area contributed by atoms with Crippen LogP contribution in [0.4, 0.5) is 4.39 Å². The van der Waals surface area contributed by atoms with E-state index < -0.39 is 23.9 Å². The van der Waals surface area contributed by atoms with Gasteiger partial charge >= 0.3 is 5.97 Å². The molecule has 6 nitrogen and oxygen atoms in total. The Hall–Kier alpha value is -2.09. The zero-order valence-electron chi connectivity index (χ0n) is 10.2. The van der Waals surface area contributed by atoms with Crippen molar-refractivity contribution >= 4 is 17.3 Å². The number of aryl methyl sites for hydroxylation is 2. The second kappa shape index (κ2) is 4.88. The largest absolute Gasteiger partial charge is 0.480 e. The number of carboxylic acids is 1. The van der Waals surface area contributed by atoms with Gasteiger partial charge in [-0.2, -0.15) is 4.39 Å². The summed E-state index contributed by atoms with van der Waals surface area (Å²) in [6.45, 7) is 2.84. The van der Waals surface area contributed by atoms with E-state index in [1.807, 2.05) is 0 Å². The number of carbonyl (C=O) groups is 1. The summed E-state index contributed by atoms with van der Waals surface area (Å²) in [5.74, 6) is -2.30. The van der Waals surface area contributed by atoms with Crippen molar-refractivity contribution in [2.45, 2.75) is 20.4 Å². The summed E-state index contributed by atoms with van der Waals surface area (Å²) in [6.07, 6.45) is 1.03. The Labute approximate surface area is 111 Å². The van der Waals surface area contributed by atoms with E-state index in [0.29, 0.717) is 15.1 Å². The van der Waals surface area contributed by atoms with Gasteiger partial charge in [0, 0.05) is 0 Å². The highest BCUT2D eigenvalue weighted by molar-refractivity contribution is 7.15. The number of aliphatic carboxylic acids is 1. The summed E-state index contributed by atoms with van der Waals surface area (Å²) >= 11 is 1.23. The Balaban J connectivity index is 2.56. The van der Waals surface area contributed by atoms with Crippen LogP contribution < -0.4 is 5.56 Å². The zero-order chi connectivity index (χ0) is 14.2. The molecule has 2 heterocycles. The smallest absolute Gasteiger partial charge is 0.323 e. The summed E-state index contributed by atoms with van der Waals surface area (Å²) < 4.78 is 14.7. The van der Waals surface area contributed by atoms with Gasteiger partial charge in [-0.15, -0.1) is 11.3 Å². The van der Waals surface area contributed by atoms with E-state index in [2.05, 4.69) is 9.97 Å². The van der Waals surface area contributed by atoms with E-state index in [9.17, 15) is 14.0 Å². The molecule has 19 heavy (non-hydrogen) atoms. The number of carboxylic acid groups (broad SMARTS) is 1. The molecule has 0 aliphatic rings. The predicted molar refractivity (Wildman–Crippen MR) is 66.7 cm³/mol. The number of aromatic nitrogens is 3. The first-order valence-corrected chi connectivity index (χ1v) is 6.13. The van der Waals surface area contributed by atoms with E-state index in [0.717, 1.165) is 11.3 Å². The summed E-state index contributed by atoms with van der Waals surface area (Å²) in [5.41, 5.74) is -0.503. The minimum Gasteiger partial charge on any atom is -0.480 e. The summed E-state index contributed by atoms with van der Waals surface area (Å²) in [6, 6.07) is 0. The third kappa shape index (κ3) is 2.53. The zero-order valence-corrected chi connectivity index (χ0v) is 11.0. The van der Waals surface area contributed by atoms with Gasteiger partial charge in [0.25, 0.3) is 5.56 Å². The lowest BCUT2D eigenvalue weighted by Gasteiger charge is -2.04. The summed E-state index contributed by atoms with van der Waals surface area (Å²) in [7, 11) is 0. The third-order valence-electron chi connectivity index (χ3n) is 2.41. The second-order valence-electron chi connectivity index (χ2n) is 3.88. The Morgan fingerprint density at radius 1 is 1.53 bits per heavy atom. The van der Waals surface area contributed by atoms with Crippen molar-refractivity contribution in [3.8, 4) is 10.6 Å². The highest BCUT2D eigenvalue weighted by atomic mass is 32.1. The Bertz CT molecular complexity index is 708. The molecule has 2 rings (SSSR count). The van der Waals surface area contributed by atoms with Crippen LogP contribution in [0, 0.1) is 19.7 Å². The first kappa shape index (κ1) is 13.3. The number of hydrogen-bond acceptors (Lipinski definition) is 5. The third-order valence-corrected chi connectivity index (χ3v) is 3.49. The summed E-state index contributed by atoms with van der Waals surface area (Å²) in [5, 5.41) is 9.34. The molecule has 0 aromatic carbocycles. The standard InChI is InChI=1S/C11H10FN3O3S/c1-5-10(19-6(2)14-5)9-8(12)11(18)15(4-13-9)3-7(16)17/h4H,3H2,1-2H3,(H,16,17). The minimum absolute atomic E-state index is 0.0882. The lowest BCUT2D eigenvalue weighted by atomic mass is 10.3. The SMILES string of the molecule is Cc1nc(C)c(-c2ncn(CC(=O)O)c(=O)c2F)s1. The normalized spacial score (nSPS) is 10.7. The van der Waals surface area contributed by atoms with Crippen LogP contribution in [0.15, 0.2) is 11.1 Å². The van der Waals surface area contributed by atoms with Gasteiger partial charge in [-0.25, -0.2) is 9.97 Å². The Morgan fingerprint density at radius 3 is 2.74 bits per heavy atom. The molecule has 0 atom stereocenters. The molecule has 0 fully saturated rings. The van der Waals surface area contributed by atoms with E-state index >= 15 is 0 Å². The lowest BCUT2D eigenvalue weighted by Crippen LogP contribution is -2.27. The fourth-order valence-corrected chi connectivity index (χ4v) is 2.54. The maximum Gasteiger partial charge on any atom is 0.323 e. The monoisotopic (exact) mass is 283 g/mol. The van der Waals surface area contributed by atoms with Gasteiger partial charge in [0.2, 0.25) is 5.82 Å². The molecule has 2 aromatic rings. The number of thiazole rings is 1. The molecular formula is C11H10FN3O3S. The van der Waals surface area contributed by atoms with Gasteiger partial charge in [0.15, 0.2) is 0 Å². The molecular weight excluding hydrogens is 273 g/mol. The molecule has 1 N–H and O–H groups in total. The number of rotatable bonds is 3. The first-order valence-electron chi connectivity index (χ1n) is 5.31. The maximum atomic E-state index is 14.0. The molecule has 0 aliphatic heterocycles. The second-order valence-corrected chi connectivity index (χ2v) is 5.08. The first-order chi connectivity index (χ1) is 8.90. The molecule has 8 heteroatoms. The van der Waals surface area contributed by atoms with Crippen LogP contribution in [0.2, 0.25) is 0 Å². The molecule has 0 aliphatic carbocycles. The number of halogens is 1. The predicted octanol–water partition coefficient (Wildman–Crippen LogP) is 1.21.